The standard InChI is InChI=1S/C3H7NO.2BrH.Pd/c1-2-5-3-4-1;;;/h4H,1-3H2;2*1H;/q;;;+2/p-2. The summed E-state index contributed by atoms with van der Waals surface area (Å²) in [6.45, 7) is 2.67. The topological polar surface area (TPSA) is 21.3 Å². The minimum Gasteiger partial charge on any atom is -1.00 e. The molecule has 1 heterocycles. The maximum Gasteiger partial charge on any atom is 2.00 e. The van der Waals surface area contributed by atoms with Gasteiger partial charge < -0.3 is 38.7 Å². The Morgan fingerprint density at radius 2 is 1.88 bits per heavy atom. The van der Waals surface area contributed by atoms with Crippen molar-refractivity contribution < 1.29 is 59.1 Å². The number of hydrogen-bond donors (Lipinski definition) is 1. The maximum atomic E-state index is 4.83. The first kappa shape index (κ1) is 16.3. The van der Waals surface area contributed by atoms with E-state index in [4.69, 9.17) is 4.74 Å². The molecule has 1 fully saturated rings. The number of hydrogen-bond acceptors (Lipinski definition) is 2. The van der Waals surface area contributed by atoms with Crippen molar-refractivity contribution in [3.63, 3.8) is 0 Å². The normalized spacial score (nSPS) is 15.0. The summed E-state index contributed by atoms with van der Waals surface area (Å²) in [6.07, 6.45) is 0. The van der Waals surface area contributed by atoms with E-state index in [1.54, 1.807) is 0 Å². The van der Waals surface area contributed by atoms with Crippen LogP contribution in [-0.4, -0.2) is 19.9 Å². The zero-order valence-corrected chi connectivity index (χ0v) is 8.83. The molecule has 1 rings (SSSR count). The maximum absolute atomic E-state index is 4.83. The first-order valence-corrected chi connectivity index (χ1v) is 1.78. The first-order chi connectivity index (χ1) is 2.50. The van der Waals surface area contributed by atoms with Crippen LogP contribution in [0, 0.1) is 0 Å². The van der Waals surface area contributed by atoms with Crippen molar-refractivity contribution >= 4 is 0 Å². The third kappa shape index (κ3) is 7.54. The molecule has 0 radical (unpaired) electrons. The van der Waals surface area contributed by atoms with Gasteiger partial charge in [-0.25, -0.2) is 0 Å². The molecule has 0 bridgehead atoms. The Kier molecular flexibility index (Phi) is 23.1. The fourth-order valence-corrected chi connectivity index (χ4v) is 0.361. The summed E-state index contributed by atoms with van der Waals surface area (Å²) in [5, 5.41) is 3.00. The molecule has 0 spiro atoms. The van der Waals surface area contributed by atoms with Gasteiger partial charge in [-0.2, -0.15) is 0 Å². The molecule has 2 nitrogen and oxygen atoms in total. The van der Waals surface area contributed by atoms with Crippen LogP contribution >= 0.6 is 0 Å². The van der Waals surface area contributed by atoms with Gasteiger partial charge >= 0.3 is 20.4 Å². The second kappa shape index (κ2) is 11.4. The van der Waals surface area contributed by atoms with Gasteiger partial charge in [-0.1, -0.05) is 0 Å². The smallest absolute Gasteiger partial charge is 1.00 e. The summed E-state index contributed by atoms with van der Waals surface area (Å²) in [5.41, 5.74) is 0. The van der Waals surface area contributed by atoms with Gasteiger partial charge in [0.05, 0.1) is 13.3 Å². The van der Waals surface area contributed by atoms with Crippen LogP contribution in [0.3, 0.4) is 0 Å². The van der Waals surface area contributed by atoms with Crippen LogP contribution in [0.5, 0.6) is 0 Å². The summed E-state index contributed by atoms with van der Waals surface area (Å²) >= 11 is 0. The van der Waals surface area contributed by atoms with Gasteiger partial charge in [-0.15, -0.1) is 0 Å². The molecule has 0 unspecified atom stereocenters. The average Bonchev–Trinajstić information content (AvgIpc) is 1.76. The van der Waals surface area contributed by atoms with Crippen molar-refractivity contribution in [1.29, 1.82) is 0 Å². The fourth-order valence-electron chi connectivity index (χ4n) is 0.361. The quantitative estimate of drug-likeness (QED) is 0.444. The molecular weight excluding hydrogens is 332 g/mol. The van der Waals surface area contributed by atoms with Crippen molar-refractivity contribution in [2.45, 2.75) is 0 Å². The largest absolute Gasteiger partial charge is 2.00 e. The summed E-state index contributed by atoms with van der Waals surface area (Å²) in [6, 6.07) is 0. The van der Waals surface area contributed by atoms with E-state index in [-0.39, 0.29) is 54.4 Å². The van der Waals surface area contributed by atoms with Crippen LogP contribution < -0.4 is 39.3 Å². The molecule has 5 heteroatoms. The second-order valence-corrected chi connectivity index (χ2v) is 1.05. The number of rotatable bonds is 0. The van der Waals surface area contributed by atoms with E-state index < -0.39 is 0 Å². The molecular formula is C3H7Br2NOPd. The predicted molar refractivity (Wildman–Crippen MR) is 18.8 cm³/mol. The Morgan fingerprint density at radius 1 is 1.25 bits per heavy atom. The summed E-state index contributed by atoms with van der Waals surface area (Å²) in [7, 11) is 0. The van der Waals surface area contributed by atoms with E-state index in [2.05, 4.69) is 5.32 Å². The SMILES string of the molecule is C1COCN1.[Br-].[Br-].[Pd+2]. The molecule has 0 saturated carbocycles. The van der Waals surface area contributed by atoms with Crippen LogP contribution in [0.4, 0.5) is 0 Å². The van der Waals surface area contributed by atoms with Crippen molar-refractivity contribution in [2.75, 3.05) is 19.9 Å². The van der Waals surface area contributed by atoms with Crippen LogP contribution in [0.25, 0.3) is 0 Å². The zero-order valence-electron chi connectivity index (χ0n) is 4.10. The van der Waals surface area contributed by atoms with E-state index in [1.807, 2.05) is 0 Å². The van der Waals surface area contributed by atoms with Crippen molar-refractivity contribution in [3.8, 4) is 0 Å². The molecule has 1 saturated heterocycles. The van der Waals surface area contributed by atoms with E-state index in [0.29, 0.717) is 0 Å². The molecule has 0 aromatic carbocycles. The van der Waals surface area contributed by atoms with Crippen molar-refractivity contribution in [1.82, 2.24) is 5.32 Å². The van der Waals surface area contributed by atoms with Gasteiger partial charge in [-0.05, 0) is 0 Å². The van der Waals surface area contributed by atoms with E-state index in [1.165, 1.54) is 0 Å². The molecule has 8 heavy (non-hydrogen) atoms. The van der Waals surface area contributed by atoms with E-state index in [9.17, 15) is 0 Å². The first-order valence-electron chi connectivity index (χ1n) is 1.78. The molecule has 0 amide bonds. The third-order valence-corrected chi connectivity index (χ3v) is 0.627. The fraction of sp³-hybridized carbons (Fsp3) is 1.00. The summed E-state index contributed by atoms with van der Waals surface area (Å²) < 4.78 is 4.83. The Labute approximate surface area is 83.9 Å². The van der Waals surface area contributed by atoms with Crippen LogP contribution in [0.15, 0.2) is 0 Å². The van der Waals surface area contributed by atoms with Crippen LogP contribution in [-0.2, 0) is 25.2 Å². The van der Waals surface area contributed by atoms with Crippen LogP contribution in [0.1, 0.15) is 0 Å². The third-order valence-electron chi connectivity index (χ3n) is 0.627. The summed E-state index contributed by atoms with van der Waals surface area (Å²) in [5.74, 6) is 0. The van der Waals surface area contributed by atoms with Crippen LogP contribution in [0.2, 0.25) is 0 Å². The van der Waals surface area contributed by atoms with Gasteiger partial charge in [0.15, 0.2) is 0 Å². The van der Waals surface area contributed by atoms with E-state index >= 15 is 0 Å². The van der Waals surface area contributed by atoms with Gasteiger partial charge in [0.2, 0.25) is 0 Å². The Hall–Kier alpha value is 1.54. The van der Waals surface area contributed by atoms with Gasteiger partial charge in [0.1, 0.15) is 0 Å². The molecule has 0 aliphatic carbocycles. The van der Waals surface area contributed by atoms with Gasteiger partial charge in [0, 0.05) is 6.54 Å². The zero-order chi connectivity index (χ0) is 3.54. The number of nitrogens with one attached hydrogen (secondary N) is 1. The number of ether oxygens (including phenoxy) is 1. The molecule has 1 N–H and O–H groups in total. The molecule has 54 valence electrons. The molecule has 1 aliphatic rings. The minimum absolute atomic E-state index is 0. The molecule has 0 aromatic rings. The van der Waals surface area contributed by atoms with E-state index in [0.717, 1.165) is 19.9 Å². The molecule has 0 aromatic heterocycles. The van der Waals surface area contributed by atoms with Crippen molar-refractivity contribution in [3.05, 3.63) is 0 Å². The predicted octanol–water partition coefficient (Wildman–Crippen LogP) is -6.43. The summed E-state index contributed by atoms with van der Waals surface area (Å²) in [4.78, 5) is 0. The second-order valence-electron chi connectivity index (χ2n) is 1.05. The Morgan fingerprint density at radius 3 is 2.00 bits per heavy atom. The van der Waals surface area contributed by atoms with Gasteiger partial charge in [-0.3, -0.25) is 5.32 Å². The van der Waals surface area contributed by atoms with Crippen molar-refractivity contribution in [2.24, 2.45) is 0 Å². The average molecular weight is 339 g/mol. The monoisotopic (exact) mass is 337 g/mol. The Bertz CT molecular complexity index is 28.9. The molecule has 1 aliphatic heterocycles. The molecule has 0 atom stereocenters. The minimum atomic E-state index is 0. The Balaban J connectivity index is -0.0000000833. The van der Waals surface area contributed by atoms with Gasteiger partial charge in [0.25, 0.3) is 0 Å². The number of halogens is 2.